The number of carbonyl (C=O) groups excluding carboxylic acids is 2. The van der Waals surface area contributed by atoms with Gasteiger partial charge in [-0.25, -0.2) is 0 Å². The highest BCUT2D eigenvalue weighted by molar-refractivity contribution is 8.01. The zero-order chi connectivity index (χ0) is 18.2. The van der Waals surface area contributed by atoms with Gasteiger partial charge in [0.05, 0.1) is 6.61 Å². The van der Waals surface area contributed by atoms with Gasteiger partial charge in [0.2, 0.25) is 11.0 Å². The van der Waals surface area contributed by atoms with Crippen LogP contribution >= 0.6 is 23.1 Å². The Labute approximate surface area is 154 Å². The van der Waals surface area contributed by atoms with E-state index in [4.69, 9.17) is 4.74 Å². The van der Waals surface area contributed by atoms with Crippen molar-refractivity contribution in [2.75, 3.05) is 30.1 Å². The van der Waals surface area contributed by atoms with Gasteiger partial charge in [0.25, 0.3) is 5.91 Å². The third-order valence-electron chi connectivity index (χ3n) is 3.08. The number of methoxy groups -OCH3 is 1. The fourth-order valence-corrected chi connectivity index (χ4v) is 3.41. The monoisotopic (exact) mass is 380 g/mol. The molecule has 25 heavy (non-hydrogen) atoms. The maximum Gasteiger partial charge on any atom is 0.257 e. The third kappa shape index (κ3) is 6.11. The lowest BCUT2D eigenvalue weighted by atomic mass is 10.1. The van der Waals surface area contributed by atoms with Crippen LogP contribution in [0.25, 0.3) is 0 Å². The van der Waals surface area contributed by atoms with E-state index in [0.29, 0.717) is 23.0 Å². The SMILES string of the molecule is COCCSc1nnc(NC(=O)c2ccc(NC(=O)C(C)C)cc2)s1. The van der Waals surface area contributed by atoms with Crippen molar-refractivity contribution in [3.63, 3.8) is 0 Å². The van der Waals surface area contributed by atoms with Gasteiger partial charge < -0.3 is 10.1 Å². The molecule has 0 aliphatic rings. The summed E-state index contributed by atoms with van der Waals surface area (Å²) in [5, 5.41) is 13.9. The van der Waals surface area contributed by atoms with E-state index < -0.39 is 0 Å². The molecule has 134 valence electrons. The third-order valence-corrected chi connectivity index (χ3v) is 5.02. The first-order valence-corrected chi connectivity index (χ1v) is 9.47. The molecule has 0 aliphatic heterocycles. The maximum atomic E-state index is 12.2. The van der Waals surface area contributed by atoms with Crippen molar-refractivity contribution in [1.29, 1.82) is 0 Å². The molecule has 0 bridgehead atoms. The highest BCUT2D eigenvalue weighted by Crippen LogP contribution is 2.25. The molecule has 2 amide bonds. The molecule has 2 N–H and O–H groups in total. The van der Waals surface area contributed by atoms with Gasteiger partial charge in [-0.05, 0) is 24.3 Å². The summed E-state index contributed by atoms with van der Waals surface area (Å²) in [4.78, 5) is 23.9. The van der Waals surface area contributed by atoms with Crippen molar-refractivity contribution in [3.8, 4) is 0 Å². The quantitative estimate of drug-likeness (QED) is 0.415. The van der Waals surface area contributed by atoms with Crippen molar-refractivity contribution in [2.45, 2.75) is 18.2 Å². The van der Waals surface area contributed by atoms with E-state index in [9.17, 15) is 9.59 Å². The van der Waals surface area contributed by atoms with Crippen LogP contribution in [0.4, 0.5) is 10.8 Å². The summed E-state index contributed by atoms with van der Waals surface area (Å²) < 4.78 is 5.76. The molecule has 2 rings (SSSR count). The smallest absolute Gasteiger partial charge is 0.257 e. The summed E-state index contributed by atoms with van der Waals surface area (Å²) in [6.07, 6.45) is 0. The Kier molecular flexibility index (Phi) is 7.35. The van der Waals surface area contributed by atoms with E-state index in [-0.39, 0.29) is 17.7 Å². The average molecular weight is 380 g/mol. The van der Waals surface area contributed by atoms with Crippen LogP contribution in [0.2, 0.25) is 0 Å². The largest absolute Gasteiger partial charge is 0.384 e. The molecule has 0 fully saturated rings. The van der Waals surface area contributed by atoms with Crippen LogP contribution in [0.3, 0.4) is 0 Å². The van der Waals surface area contributed by atoms with Crippen molar-refractivity contribution in [1.82, 2.24) is 10.2 Å². The average Bonchev–Trinajstić information content (AvgIpc) is 3.03. The zero-order valence-electron chi connectivity index (χ0n) is 14.2. The van der Waals surface area contributed by atoms with E-state index in [1.54, 1.807) is 31.4 Å². The molecule has 1 aromatic heterocycles. The van der Waals surface area contributed by atoms with Crippen LogP contribution in [-0.4, -0.2) is 41.5 Å². The number of nitrogens with one attached hydrogen (secondary N) is 2. The van der Waals surface area contributed by atoms with Gasteiger partial charge in [-0.3, -0.25) is 14.9 Å². The van der Waals surface area contributed by atoms with Crippen LogP contribution in [0, 0.1) is 5.92 Å². The van der Waals surface area contributed by atoms with Gasteiger partial charge in [0.1, 0.15) is 0 Å². The number of aromatic nitrogens is 2. The number of hydrogen-bond donors (Lipinski definition) is 2. The van der Waals surface area contributed by atoms with Crippen LogP contribution < -0.4 is 10.6 Å². The molecule has 0 aliphatic carbocycles. The second-order valence-corrected chi connectivity index (χ2v) is 7.71. The standard InChI is InChI=1S/C16H20N4O3S2/c1-10(2)13(21)17-12-6-4-11(5-7-12)14(22)18-15-19-20-16(25-15)24-9-8-23-3/h4-7,10H,8-9H2,1-3H3,(H,17,21)(H,18,19,22). The lowest BCUT2D eigenvalue weighted by Crippen LogP contribution is -2.18. The Morgan fingerprint density at radius 1 is 1.20 bits per heavy atom. The summed E-state index contributed by atoms with van der Waals surface area (Å²) in [6.45, 7) is 4.27. The Balaban J connectivity index is 1.91. The van der Waals surface area contributed by atoms with Crippen LogP contribution in [-0.2, 0) is 9.53 Å². The normalized spacial score (nSPS) is 10.7. The predicted molar refractivity (Wildman–Crippen MR) is 100 cm³/mol. The Morgan fingerprint density at radius 2 is 1.92 bits per heavy atom. The molecule has 0 saturated carbocycles. The van der Waals surface area contributed by atoms with Crippen molar-refractivity contribution >= 4 is 45.7 Å². The van der Waals surface area contributed by atoms with Gasteiger partial charge in [-0.15, -0.1) is 10.2 Å². The molecule has 7 nitrogen and oxygen atoms in total. The van der Waals surface area contributed by atoms with E-state index in [1.807, 2.05) is 13.8 Å². The Morgan fingerprint density at radius 3 is 2.56 bits per heavy atom. The molecule has 0 atom stereocenters. The van der Waals surface area contributed by atoms with Crippen LogP contribution in [0.15, 0.2) is 28.6 Å². The Bertz CT molecular complexity index is 716. The lowest BCUT2D eigenvalue weighted by molar-refractivity contribution is -0.118. The van der Waals surface area contributed by atoms with Gasteiger partial charge in [0, 0.05) is 30.0 Å². The molecule has 2 aromatic rings. The summed E-state index contributed by atoms with van der Waals surface area (Å²) in [5.41, 5.74) is 1.13. The number of ether oxygens (including phenoxy) is 1. The van der Waals surface area contributed by atoms with Gasteiger partial charge in [0.15, 0.2) is 4.34 Å². The van der Waals surface area contributed by atoms with Gasteiger partial charge in [-0.1, -0.05) is 36.9 Å². The van der Waals surface area contributed by atoms with Crippen LogP contribution in [0.1, 0.15) is 24.2 Å². The van der Waals surface area contributed by atoms with Gasteiger partial charge >= 0.3 is 0 Å². The molecule has 9 heteroatoms. The number of nitrogens with zero attached hydrogens (tertiary/aromatic N) is 2. The first-order chi connectivity index (χ1) is 12.0. The number of hydrogen-bond acceptors (Lipinski definition) is 7. The minimum absolute atomic E-state index is 0.0652. The predicted octanol–water partition coefficient (Wildman–Crippen LogP) is 3.12. The lowest BCUT2D eigenvalue weighted by Gasteiger charge is -2.08. The minimum Gasteiger partial charge on any atom is -0.384 e. The van der Waals surface area contributed by atoms with Crippen LogP contribution in [0.5, 0.6) is 0 Å². The highest BCUT2D eigenvalue weighted by atomic mass is 32.2. The maximum absolute atomic E-state index is 12.2. The van der Waals surface area contributed by atoms with Crippen molar-refractivity contribution in [2.24, 2.45) is 5.92 Å². The molecule has 0 spiro atoms. The molecule has 0 radical (unpaired) electrons. The number of anilines is 2. The summed E-state index contributed by atoms with van der Waals surface area (Å²) in [5.74, 6) is 0.343. The second kappa shape index (κ2) is 9.50. The highest BCUT2D eigenvalue weighted by Gasteiger charge is 2.12. The number of rotatable bonds is 8. The van der Waals surface area contributed by atoms with E-state index >= 15 is 0 Å². The minimum atomic E-state index is -0.272. The number of benzene rings is 1. The molecule has 1 heterocycles. The fourth-order valence-electron chi connectivity index (χ4n) is 1.69. The van der Waals surface area contributed by atoms with E-state index in [2.05, 4.69) is 20.8 Å². The van der Waals surface area contributed by atoms with Crippen molar-refractivity contribution in [3.05, 3.63) is 29.8 Å². The molecule has 0 unspecified atom stereocenters. The second-order valence-electron chi connectivity index (χ2n) is 5.39. The number of thioether (sulfide) groups is 1. The topological polar surface area (TPSA) is 93.2 Å². The van der Waals surface area contributed by atoms with E-state index in [1.165, 1.54) is 23.1 Å². The molecule has 0 saturated heterocycles. The fraction of sp³-hybridized carbons (Fsp3) is 0.375. The Hall–Kier alpha value is -1.97. The first kappa shape index (κ1) is 19.4. The number of carbonyl (C=O) groups is 2. The molecule has 1 aromatic carbocycles. The van der Waals surface area contributed by atoms with Crippen molar-refractivity contribution < 1.29 is 14.3 Å². The summed E-state index contributed by atoms with van der Waals surface area (Å²) >= 11 is 2.84. The van der Waals surface area contributed by atoms with Gasteiger partial charge in [-0.2, -0.15) is 0 Å². The molecular formula is C16H20N4O3S2. The first-order valence-electron chi connectivity index (χ1n) is 7.67. The van der Waals surface area contributed by atoms with E-state index in [0.717, 1.165) is 10.1 Å². The number of amides is 2. The molecular weight excluding hydrogens is 360 g/mol. The summed E-state index contributed by atoms with van der Waals surface area (Å²) in [7, 11) is 1.64. The zero-order valence-corrected chi connectivity index (χ0v) is 15.9. The summed E-state index contributed by atoms with van der Waals surface area (Å²) in [6, 6.07) is 6.70.